The van der Waals surface area contributed by atoms with E-state index in [9.17, 15) is 14.4 Å². The van der Waals surface area contributed by atoms with Crippen LogP contribution in [0.15, 0.2) is 18.3 Å². The van der Waals surface area contributed by atoms with Gasteiger partial charge in [0, 0.05) is 50.9 Å². The SMILES string of the molecule is CC(=O)N1CCN(C(=O)c2ccnc(C(=O)NC3CC3)c2)CC1. The van der Waals surface area contributed by atoms with Crippen LogP contribution in [-0.4, -0.2) is 64.7 Å². The molecule has 0 radical (unpaired) electrons. The Labute approximate surface area is 134 Å². The summed E-state index contributed by atoms with van der Waals surface area (Å²) in [6.07, 6.45) is 3.50. The van der Waals surface area contributed by atoms with Crippen LogP contribution in [0.25, 0.3) is 0 Å². The average molecular weight is 316 g/mol. The molecule has 0 bridgehead atoms. The summed E-state index contributed by atoms with van der Waals surface area (Å²) in [7, 11) is 0. The van der Waals surface area contributed by atoms with E-state index in [0.717, 1.165) is 12.8 Å². The van der Waals surface area contributed by atoms with E-state index >= 15 is 0 Å². The van der Waals surface area contributed by atoms with E-state index in [2.05, 4.69) is 10.3 Å². The molecule has 3 rings (SSSR count). The maximum Gasteiger partial charge on any atom is 0.270 e. The maximum atomic E-state index is 12.5. The van der Waals surface area contributed by atoms with E-state index in [4.69, 9.17) is 0 Å². The van der Waals surface area contributed by atoms with Crippen LogP contribution in [0.4, 0.5) is 0 Å². The highest BCUT2D eigenvalue weighted by Crippen LogP contribution is 2.19. The van der Waals surface area contributed by atoms with Gasteiger partial charge >= 0.3 is 0 Å². The van der Waals surface area contributed by atoms with Crippen LogP contribution in [0.1, 0.15) is 40.6 Å². The Morgan fingerprint density at radius 1 is 1.13 bits per heavy atom. The van der Waals surface area contributed by atoms with Gasteiger partial charge in [-0.05, 0) is 25.0 Å². The second kappa shape index (κ2) is 6.36. The van der Waals surface area contributed by atoms with Crippen molar-refractivity contribution < 1.29 is 14.4 Å². The molecule has 1 N–H and O–H groups in total. The molecule has 1 saturated heterocycles. The van der Waals surface area contributed by atoms with Gasteiger partial charge in [-0.1, -0.05) is 0 Å². The van der Waals surface area contributed by atoms with Crippen molar-refractivity contribution >= 4 is 17.7 Å². The molecule has 2 fully saturated rings. The van der Waals surface area contributed by atoms with Crippen molar-refractivity contribution in [2.45, 2.75) is 25.8 Å². The zero-order chi connectivity index (χ0) is 16.4. The molecular formula is C16H20N4O3. The van der Waals surface area contributed by atoms with Crippen LogP contribution < -0.4 is 5.32 Å². The lowest BCUT2D eigenvalue weighted by Gasteiger charge is -2.34. The Morgan fingerprint density at radius 3 is 2.39 bits per heavy atom. The molecule has 7 nitrogen and oxygen atoms in total. The van der Waals surface area contributed by atoms with E-state index < -0.39 is 0 Å². The van der Waals surface area contributed by atoms with Crippen molar-refractivity contribution in [2.75, 3.05) is 26.2 Å². The molecule has 1 aromatic rings. The van der Waals surface area contributed by atoms with Gasteiger partial charge in [0.1, 0.15) is 5.69 Å². The Bertz CT molecular complexity index is 634. The van der Waals surface area contributed by atoms with E-state index in [1.807, 2.05) is 0 Å². The van der Waals surface area contributed by atoms with Gasteiger partial charge in [-0.15, -0.1) is 0 Å². The molecule has 1 aliphatic carbocycles. The Kier molecular flexibility index (Phi) is 4.27. The van der Waals surface area contributed by atoms with Crippen molar-refractivity contribution in [3.63, 3.8) is 0 Å². The number of rotatable bonds is 3. The fourth-order valence-electron chi connectivity index (χ4n) is 2.58. The van der Waals surface area contributed by atoms with E-state index in [-0.39, 0.29) is 29.5 Å². The van der Waals surface area contributed by atoms with Crippen molar-refractivity contribution in [1.29, 1.82) is 0 Å². The molecule has 0 unspecified atom stereocenters. The van der Waals surface area contributed by atoms with Gasteiger partial charge in [-0.3, -0.25) is 19.4 Å². The van der Waals surface area contributed by atoms with Crippen LogP contribution in [0.5, 0.6) is 0 Å². The number of nitrogens with zero attached hydrogens (tertiary/aromatic N) is 3. The Hall–Kier alpha value is -2.44. The summed E-state index contributed by atoms with van der Waals surface area (Å²) in [6, 6.07) is 3.41. The molecule has 3 amide bonds. The highest BCUT2D eigenvalue weighted by Gasteiger charge is 2.26. The third-order valence-corrected chi connectivity index (χ3v) is 4.16. The summed E-state index contributed by atoms with van der Waals surface area (Å²) in [6.45, 7) is 3.63. The minimum atomic E-state index is -0.233. The lowest BCUT2D eigenvalue weighted by atomic mass is 10.1. The molecule has 0 spiro atoms. The van der Waals surface area contributed by atoms with Crippen molar-refractivity contribution in [3.8, 4) is 0 Å². The highest BCUT2D eigenvalue weighted by molar-refractivity contribution is 5.98. The van der Waals surface area contributed by atoms with E-state index in [1.54, 1.807) is 15.9 Å². The number of amides is 3. The molecular weight excluding hydrogens is 296 g/mol. The van der Waals surface area contributed by atoms with Crippen LogP contribution in [-0.2, 0) is 4.79 Å². The Balaban J connectivity index is 1.65. The summed E-state index contributed by atoms with van der Waals surface area (Å²) in [4.78, 5) is 43.4. The number of carbonyl (C=O) groups excluding carboxylic acids is 3. The summed E-state index contributed by atoms with van der Waals surface area (Å²) in [5.74, 6) is -0.334. The van der Waals surface area contributed by atoms with Gasteiger partial charge in [0.2, 0.25) is 5.91 Å². The average Bonchev–Trinajstić information content (AvgIpc) is 3.38. The minimum Gasteiger partial charge on any atom is -0.348 e. The lowest BCUT2D eigenvalue weighted by molar-refractivity contribution is -0.130. The van der Waals surface area contributed by atoms with Crippen molar-refractivity contribution in [2.24, 2.45) is 0 Å². The fraction of sp³-hybridized carbons (Fsp3) is 0.500. The van der Waals surface area contributed by atoms with Crippen molar-refractivity contribution in [3.05, 3.63) is 29.6 Å². The summed E-state index contributed by atoms with van der Waals surface area (Å²) in [5.41, 5.74) is 0.724. The normalized spacial score (nSPS) is 17.8. The maximum absolute atomic E-state index is 12.5. The van der Waals surface area contributed by atoms with Gasteiger partial charge in [-0.2, -0.15) is 0 Å². The molecule has 1 saturated carbocycles. The summed E-state index contributed by atoms with van der Waals surface area (Å²) < 4.78 is 0. The molecule has 122 valence electrons. The predicted molar refractivity (Wildman–Crippen MR) is 82.9 cm³/mol. The molecule has 0 aromatic carbocycles. The van der Waals surface area contributed by atoms with Crippen LogP contribution >= 0.6 is 0 Å². The first kappa shape index (κ1) is 15.5. The topological polar surface area (TPSA) is 82.6 Å². The predicted octanol–water partition coefficient (Wildman–Crippen LogP) is 0.278. The second-order valence-corrected chi connectivity index (χ2v) is 5.98. The van der Waals surface area contributed by atoms with Crippen LogP contribution in [0.3, 0.4) is 0 Å². The van der Waals surface area contributed by atoms with Gasteiger partial charge in [0.15, 0.2) is 0 Å². The van der Waals surface area contributed by atoms with Crippen LogP contribution in [0, 0.1) is 0 Å². The monoisotopic (exact) mass is 316 g/mol. The first-order valence-electron chi connectivity index (χ1n) is 7.86. The highest BCUT2D eigenvalue weighted by atomic mass is 16.2. The van der Waals surface area contributed by atoms with Gasteiger partial charge in [0.05, 0.1) is 0 Å². The largest absolute Gasteiger partial charge is 0.348 e. The second-order valence-electron chi connectivity index (χ2n) is 5.98. The number of hydrogen-bond acceptors (Lipinski definition) is 4. The Morgan fingerprint density at radius 2 is 1.78 bits per heavy atom. The third kappa shape index (κ3) is 3.67. The summed E-state index contributed by atoms with van der Waals surface area (Å²) in [5, 5.41) is 2.86. The first-order chi connectivity index (χ1) is 11.0. The zero-order valence-electron chi connectivity index (χ0n) is 13.1. The number of aromatic nitrogens is 1. The molecule has 7 heteroatoms. The molecule has 23 heavy (non-hydrogen) atoms. The van der Waals surface area contributed by atoms with E-state index in [0.29, 0.717) is 31.7 Å². The molecule has 1 aromatic heterocycles. The van der Waals surface area contributed by atoms with Crippen molar-refractivity contribution in [1.82, 2.24) is 20.1 Å². The molecule has 2 aliphatic rings. The number of piperazine rings is 1. The van der Waals surface area contributed by atoms with Crippen LogP contribution in [0.2, 0.25) is 0 Å². The first-order valence-corrected chi connectivity index (χ1v) is 7.86. The number of pyridine rings is 1. The third-order valence-electron chi connectivity index (χ3n) is 4.16. The molecule has 1 aliphatic heterocycles. The van der Waals surface area contributed by atoms with Gasteiger partial charge in [-0.25, -0.2) is 0 Å². The van der Waals surface area contributed by atoms with Gasteiger partial charge < -0.3 is 15.1 Å². The van der Waals surface area contributed by atoms with Gasteiger partial charge in [0.25, 0.3) is 11.8 Å². The van der Waals surface area contributed by atoms with E-state index in [1.165, 1.54) is 19.2 Å². The lowest BCUT2D eigenvalue weighted by Crippen LogP contribution is -2.50. The summed E-state index contributed by atoms with van der Waals surface area (Å²) >= 11 is 0. The minimum absolute atomic E-state index is 0.0278. The smallest absolute Gasteiger partial charge is 0.270 e. The number of hydrogen-bond donors (Lipinski definition) is 1. The molecule has 2 heterocycles. The zero-order valence-corrected chi connectivity index (χ0v) is 13.1. The number of carbonyl (C=O) groups is 3. The molecule has 0 atom stereocenters. The standard InChI is InChI=1S/C16H20N4O3/c1-11(21)19-6-8-20(9-7-19)16(23)12-4-5-17-14(10-12)15(22)18-13-2-3-13/h4-5,10,13H,2-3,6-9H2,1H3,(H,18,22). The fourth-order valence-corrected chi connectivity index (χ4v) is 2.58. The quantitative estimate of drug-likeness (QED) is 0.868. The number of nitrogens with one attached hydrogen (secondary N) is 1.